The van der Waals surface area contributed by atoms with Crippen LogP contribution in [0.1, 0.15) is 23.6 Å². The highest BCUT2D eigenvalue weighted by molar-refractivity contribution is 5.92. The Morgan fingerprint density at radius 2 is 2.04 bits per heavy atom. The summed E-state index contributed by atoms with van der Waals surface area (Å²) in [5.41, 5.74) is 4.48. The number of furan rings is 1. The largest absolute Gasteiger partial charge is 0.497 e. The van der Waals surface area contributed by atoms with Gasteiger partial charge in [0.25, 0.3) is 6.47 Å². The third kappa shape index (κ3) is 2.78. The van der Waals surface area contributed by atoms with E-state index in [1.807, 2.05) is 50.3 Å². The molecule has 1 aromatic heterocycles. The summed E-state index contributed by atoms with van der Waals surface area (Å²) in [4.78, 5) is 10.9. The van der Waals surface area contributed by atoms with E-state index in [9.17, 15) is 4.79 Å². The number of carbonyl (C=O) groups excluding carboxylic acids is 1. The minimum absolute atomic E-state index is 0.430. The molecular formula is C20H18O4. The maximum Gasteiger partial charge on any atom is 0.298 e. The van der Waals surface area contributed by atoms with Crippen molar-refractivity contribution in [1.82, 2.24) is 0 Å². The van der Waals surface area contributed by atoms with Gasteiger partial charge in [-0.25, -0.2) is 0 Å². The van der Waals surface area contributed by atoms with Crippen LogP contribution in [0, 0.1) is 6.92 Å². The van der Waals surface area contributed by atoms with Crippen LogP contribution in [0.15, 0.2) is 53.2 Å². The van der Waals surface area contributed by atoms with Crippen molar-refractivity contribution in [1.29, 1.82) is 0 Å². The number of hydrogen-bond acceptors (Lipinski definition) is 4. The summed E-state index contributed by atoms with van der Waals surface area (Å²) < 4.78 is 16.0. The monoisotopic (exact) mass is 322 g/mol. The lowest BCUT2D eigenvalue weighted by Gasteiger charge is -2.13. The van der Waals surface area contributed by atoms with Crippen LogP contribution >= 0.6 is 0 Å². The second kappa shape index (κ2) is 6.62. The van der Waals surface area contributed by atoms with Gasteiger partial charge in [-0.05, 0) is 48.7 Å². The minimum Gasteiger partial charge on any atom is -0.497 e. The SMILES string of the molecule is C/C=C(/c1cccc(OC)c1)c1cc2c(C)coc2cc1OC=O. The van der Waals surface area contributed by atoms with E-state index in [1.165, 1.54) is 0 Å². The third-order valence-corrected chi connectivity index (χ3v) is 4.00. The van der Waals surface area contributed by atoms with Gasteiger partial charge in [-0.15, -0.1) is 0 Å². The first-order chi connectivity index (χ1) is 11.7. The Hall–Kier alpha value is -3.01. The van der Waals surface area contributed by atoms with E-state index < -0.39 is 0 Å². The Labute approximate surface area is 140 Å². The lowest BCUT2D eigenvalue weighted by molar-refractivity contribution is -0.120. The molecule has 2 aromatic carbocycles. The highest BCUT2D eigenvalue weighted by Gasteiger charge is 2.15. The van der Waals surface area contributed by atoms with Crippen LogP contribution in [-0.4, -0.2) is 13.6 Å². The molecule has 1 heterocycles. The molecule has 0 N–H and O–H groups in total. The van der Waals surface area contributed by atoms with Crippen molar-refractivity contribution >= 4 is 23.0 Å². The average Bonchev–Trinajstić information content (AvgIpc) is 2.96. The Balaban J connectivity index is 2.21. The molecule has 4 nitrogen and oxygen atoms in total. The molecule has 24 heavy (non-hydrogen) atoms. The van der Waals surface area contributed by atoms with Gasteiger partial charge < -0.3 is 13.9 Å². The van der Waals surface area contributed by atoms with Gasteiger partial charge in [0.2, 0.25) is 0 Å². The van der Waals surface area contributed by atoms with Crippen molar-refractivity contribution in [3.63, 3.8) is 0 Å². The molecule has 122 valence electrons. The van der Waals surface area contributed by atoms with E-state index in [4.69, 9.17) is 13.9 Å². The third-order valence-electron chi connectivity index (χ3n) is 4.00. The first-order valence-electron chi connectivity index (χ1n) is 7.61. The van der Waals surface area contributed by atoms with E-state index in [2.05, 4.69) is 0 Å². The molecule has 0 atom stereocenters. The van der Waals surface area contributed by atoms with E-state index in [0.29, 0.717) is 17.8 Å². The van der Waals surface area contributed by atoms with Gasteiger partial charge in [0.1, 0.15) is 17.1 Å². The topological polar surface area (TPSA) is 48.7 Å². The molecule has 0 radical (unpaired) electrons. The molecule has 3 aromatic rings. The fourth-order valence-electron chi connectivity index (χ4n) is 2.81. The second-order valence-electron chi connectivity index (χ2n) is 5.41. The zero-order valence-electron chi connectivity index (χ0n) is 13.8. The number of hydrogen-bond donors (Lipinski definition) is 0. The Morgan fingerprint density at radius 1 is 1.21 bits per heavy atom. The van der Waals surface area contributed by atoms with Crippen molar-refractivity contribution in [2.45, 2.75) is 13.8 Å². The van der Waals surface area contributed by atoms with Crippen molar-refractivity contribution < 1.29 is 18.7 Å². The van der Waals surface area contributed by atoms with Crippen LogP contribution in [0.3, 0.4) is 0 Å². The van der Waals surface area contributed by atoms with Crippen molar-refractivity contribution in [3.8, 4) is 11.5 Å². The predicted octanol–water partition coefficient (Wildman–Crippen LogP) is 4.74. The van der Waals surface area contributed by atoms with Crippen LogP contribution in [0.5, 0.6) is 11.5 Å². The van der Waals surface area contributed by atoms with Crippen molar-refractivity contribution in [3.05, 3.63) is 65.4 Å². The maximum atomic E-state index is 10.9. The molecule has 0 aliphatic rings. The molecule has 3 rings (SSSR count). The highest BCUT2D eigenvalue weighted by Crippen LogP contribution is 2.36. The fraction of sp³-hybridized carbons (Fsp3) is 0.150. The summed E-state index contributed by atoms with van der Waals surface area (Å²) in [5, 5.41) is 0.991. The summed E-state index contributed by atoms with van der Waals surface area (Å²) >= 11 is 0. The molecular weight excluding hydrogens is 304 g/mol. The van der Waals surface area contributed by atoms with Crippen LogP contribution in [0.2, 0.25) is 0 Å². The zero-order valence-corrected chi connectivity index (χ0v) is 13.8. The number of benzene rings is 2. The van der Waals surface area contributed by atoms with E-state index in [-0.39, 0.29) is 0 Å². The van der Waals surface area contributed by atoms with Gasteiger partial charge in [0, 0.05) is 17.0 Å². The molecule has 0 aliphatic heterocycles. The highest BCUT2D eigenvalue weighted by atomic mass is 16.5. The van der Waals surface area contributed by atoms with Gasteiger partial charge in [0.15, 0.2) is 0 Å². The van der Waals surface area contributed by atoms with Crippen LogP contribution < -0.4 is 9.47 Å². The van der Waals surface area contributed by atoms with E-state index >= 15 is 0 Å². The number of rotatable bonds is 5. The lowest BCUT2D eigenvalue weighted by atomic mass is 9.95. The Kier molecular flexibility index (Phi) is 4.38. The van der Waals surface area contributed by atoms with Gasteiger partial charge in [-0.1, -0.05) is 18.2 Å². The molecule has 4 heteroatoms. The molecule has 0 bridgehead atoms. The van der Waals surface area contributed by atoms with Crippen LogP contribution in [0.25, 0.3) is 16.5 Å². The van der Waals surface area contributed by atoms with Crippen LogP contribution in [0.4, 0.5) is 0 Å². The first-order valence-corrected chi connectivity index (χ1v) is 7.61. The average molecular weight is 322 g/mol. The molecule has 0 fully saturated rings. The van der Waals surface area contributed by atoms with Crippen LogP contribution in [-0.2, 0) is 4.79 Å². The van der Waals surface area contributed by atoms with Gasteiger partial charge in [-0.2, -0.15) is 0 Å². The molecule has 0 aliphatic carbocycles. The Morgan fingerprint density at radius 3 is 2.75 bits per heavy atom. The quantitative estimate of drug-likeness (QED) is 0.637. The molecule has 0 saturated carbocycles. The molecule has 0 spiro atoms. The maximum absolute atomic E-state index is 10.9. The van der Waals surface area contributed by atoms with Gasteiger partial charge in [-0.3, -0.25) is 4.79 Å². The number of carbonyl (C=O) groups is 1. The summed E-state index contributed by atoms with van der Waals surface area (Å²) in [6.45, 7) is 4.36. The molecule has 0 amide bonds. The molecule has 0 unspecified atom stereocenters. The zero-order chi connectivity index (χ0) is 17.1. The van der Waals surface area contributed by atoms with Crippen molar-refractivity contribution in [2.24, 2.45) is 0 Å². The second-order valence-corrected chi connectivity index (χ2v) is 5.41. The number of aryl methyl sites for hydroxylation is 1. The van der Waals surface area contributed by atoms with Crippen molar-refractivity contribution in [2.75, 3.05) is 7.11 Å². The lowest BCUT2D eigenvalue weighted by Crippen LogP contribution is -1.97. The first kappa shape index (κ1) is 15.9. The number of fused-ring (bicyclic) bond motifs is 1. The predicted molar refractivity (Wildman–Crippen MR) is 93.4 cm³/mol. The number of ether oxygens (including phenoxy) is 2. The summed E-state index contributed by atoms with van der Waals surface area (Å²) in [5.74, 6) is 1.23. The normalized spacial score (nSPS) is 11.5. The number of methoxy groups -OCH3 is 1. The smallest absolute Gasteiger partial charge is 0.298 e. The summed E-state index contributed by atoms with van der Waals surface area (Å²) in [6, 6.07) is 11.5. The molecule has 0 saturated heterocycles. The van der Waals surface area contributed by atoms with E-state index in [1.54, 1.807) is 19.4 Å². The van der Waals surface area contributed by atoms with Gasteiger partial charge >= 0.3 is 0 Å². The number of allylic oxidation sites excluding steroid dienone is 1. The fourth-order valence-corrected chi connectivity index (χ4v) is 2.81. The van der Waals surface area contributed by atoms with Gasteiger partial charge in [0.05, 0.1) is 13.4 Å². The minimum atomic E-state index is 0.430. The Bertz CT molecular complexity index is 919. The standard InChI is InChI=1S/C20H18O4/c1-4-16(14-6-5-7-15(8-14)22-3)18-9-17-13(2)11-23-19(17)10-20(18)24-12-21/h4-12H,1-3H3/b16-4-. The summed E-state index contributed by atoms with van der Waals surface area (Å²) in [7, 11) is 1.64. The summed E-state index contributed by atoms with van der Waals surface area (Å²) in [6.07, 6.45) is 3.68. The van der Waals surface area contributed by atoms with E-state index in [0.717, 1.165) is 33.4 Å².